The molecule has 0 spiro atoms. The molecule has 5 nitrogen and oxygen atoms in total. The summed E-state index contributed by atoms with van der Waals surface area (Å²) in [5, 5.41) is 5.08. The Balaban J connectivity index is 1.79. The number of fused-ring (bicyclic) bond motifs is 1. The van der Waals surface area contributed by atoms with Crippen molar-refractivity contribution >= 4 is 23.3 Å². The summed E-state index contributed by atoms with van der Waals surface area (Å²) in [6, 6.07) is 12.1. The zero-order valence-electron chi connectivity index (χ0n) is 18.3. The van der Waals surface area contributed by atoms with Gasteiger partial charge in [-0.25, -0.2) is 4.79 Å². The first-order valence-corrected chi connectivity index (χ1v) is 11.8. The molecule has 0 saturated carbocycles. The molecule has 1 unspecified atom stereocenters. The van der Waals surface area contributed by atoms with Gasteiger partial charge in [0.15, 0.2) is 0 Å². The molecule has 1 aromatic carbocycles. The minimum absolute atomic E-state index is 0.00648. The van der Waals surface area contributed by atoms with Gasteiger partial charge in [-0.05, 0) is 41.3 Å². The SMILES string of the molecule is CCCCNC(=O)N(CC(=O)N1CCc2sccc2C1c1ccccc1)CC(C)C. The molecular weight excluding hydrogens is 394 g/mol. The van der Waals surface area contributed by atoms with Crippen molar-refractivity contribution in [3.05, 3.63) is 57.8 Å². The third kappa shape index (κ3) is 5.42. The van der Waals surface area contributed by atoms with Gasteiger partial charge in [0.2, 0.25) is 5.91 Å². The summed E-state index contributed by atoms with van der Waals surface area (Å²) in [4.78, 5) is 31.2. The minimum Gasteiger partial charge on any atom is -0.338 e. The average Bonchev–Trinajstić information content (AvgIpc) is 3.21. The number of nitrogens with zero attached hydrogens (tertiary/aromatic N) is 2. The van der Waals surface area contributed by atoms with E-state index in [-0.39, 0.29) is 24.5 Å². The third-order valence-corrected chi connectivity index (χ3v) is 6.40. The number of hydrogen-bond acceptors (Lipinski definition) is 3. The second-order valence-electron chi connectivity index (χ2n) is 8.31. The van der Waals surface area contributed by atoms with E-state index in [4.69, 9.17) is 0 Å². The van der Waals surface area contributed by atoms with Crippen LogP contribution in [-0.4, -0.2) is 47.9 Å². The van der Waals surface area contributed by atoms with Crippen LogP contribution in [0.2, 0.25) is 0 Å². The minimum atomic E-state index is -0.144. The number of nitrogens with one attached hydrogen (secondary N) is 1. The van der Waals surface area contributed by atoms with Crippen molar-refractivity contribution in [1.29, 1.82) is 0 Å². The van der Waals surface area contributed by atoms with E-state index in [9.17, 15) is 9.59 Å². The fraction of sp³-hybridized carbons (Fsp3) is 0.500. The maximum absolute atomic E-state index is 13.4. The molecule has 1 aliphatic heterocycles. The Hall–Kier alpha value is -2.34. The highest BCUT2D eigenvalue weighted by Crippen LogP contribution is 2.37. The predicted molar refractivity (Wildman–Crippen MR) is 123 cm³/mol. The number of carbonyl (C=O) groups is 2. The van der Waals surface area contributed by atoms with Crippen LogP contribution in [0.3, 0.4) is 0 Å². The monoisotopic (exact) mass is 427 g/mol. The average molecular weight is 428 g/mol. The fourth-order valence-electron chi connectivity index (χ4n) is 3.98. The Kier molecular flexibility index (Phi) is 7.91. The first-order chi connectivity index (χ1) is 14.5. The fourth-order valence-corrected chi connectivity index (χ4v) is 4.88. The van der Waals surface area contributed by atoms with Crippen LogP contribution in [0.1, 0.15) is 55.7 Å². The van der Waals surface area contributed by atoms with Crippen LogP contribution >= 0.6 is 11.3 Å². The van der Waals surface area contributed by atoms with Gasteiger partial charge < -0.3 is 15.1 Å². The van der Waals surface area contributed by atoms with Crippen LogP contribution in [0.4, 0.5) is 4.79 Å². The first kappa shape index (κ1) is 22.3. The van der Waals surface area contributed by atoms with E-state index in [1.807, 2.05) is 23.1 Å². The van der Waals surface area contributed by atoms with E-state index < -0.39 is 0 Å². The van der Waals surface area contributed by atoms with E-state index >= 15 is 0 Å². The maximum atomic E-state index is 13.4. The molecule has 0 saturated heterocycles. The van der Waals surface area contributed by atoms with Crippen molar-refractivity contribution in [3.63, 3.8) is 0 Å². The molecule has 1 aliphatic rings. The highest BCUT2D eigenvalue weighted by molar-refractivity contribution is 7.10. The second-order valence-corrected chi connectivity index (χ2v) is 9.31. The van der Waals surface area contributed by atoms with Crippen LogP contribution in [0.15, 0.2) is 41.8 Å². The number of carbonyl (C=O) groups excluding carboxylic acids is 2. The lowest BCUT2D eigenvalue weighted by Gasteiger charge is -2.37. The van der Waals surface area contributed by atoms with Crippen molar-refractivity contribution in [1.82, 2.24) is 15.1 Å². The number of unbranched alkanes of at least 4 members (excludes halogenated alkanes) is 1. The lowest BCUT2D eigenvalue weighted by Crippen LogP contribution is -2.50. The predicted octanol–water partition coefficient (Wildman–Crippen LogP) is 4.69. The van der Waals surface area contributed by atoms with E-state index in [0.717, 1.165) is 24.8 Å². The smallest absolute Gasteiger partial charge is 0.317 e. The van der Waals surface area contributed by atoms with Crippen LogP contribution in [0.5, 0.6) is 0 Å². The molecule has 6 heteroatoms. The Morgan fingerprint density at radius 2 is 2.00 bits per heavy atom. The van der Waals surface area contributed by atoms with Crippen LogP contribution < -0.4 is 5.32 Å². The highest BCUT2D eigenvalue weighted by Gasteiger charge is 2.33. The lowest BCUT2D eigenvalue weighted by molar-refractivity contribution is -0.134. The van der Waals surface area contributed by atoms with E-state index in [2.05, 4.69) is 49.7 Å². The first-order valence-electron chi connectivity index (χ1n) is 10.9. The molecule has 3 rings (SSSR count). The Morgan fingerprint density at radius 3 is 2.70 bits per heavy atom. The van der Waals surface area contributed by atoms with Gasteiger partial charge in [0.05, 0.1) is 6.04 Å². The summed E-state index contributed by atoms with van der Waals surface area (Å²) >= 11 is 1.76. The van der Waals surface area contributed by atoms with Gasteiger partial charge in [0.1, 0.15) is 6.54 Å². The van der Waals surface area contributed by atoms with Crippen LogP contribution in [-0.2, 0) is 11.2 Å². The summed E-state index contributed by atoms with van der Waals surface area (Å²) in [5.74, 6) is 0.302. The maximum Gasteiger partial charge on any atom is 0.317 e. The molecule has 3 amide bonds. The highest BCUT2D eigenvalue weighted by atomic mass is 32.1. The Labute approximate surface area is 184 Å². The van der Waals surface area contributed by atoms with Crippen molar-refractivity contribution < 1.29 is 9.59 Å². The van der Waals surface area contributed by atoms with Crippen molar-refractivity contribution in [2.75, 3.05) is 26.2 Å². The molecule has 2 heterocycles. The summed E-state index contributed by atoms with van der Waals surface area (Å²) in [6.45, 7) is 8.24. The quantitative estimate of drug-likeness (QED) is 0.622. The number of hydrogen-bond donors (Lipinski definition) is 1. The molecule has 0 aliphatic carbocycles. The zero-order chi connectivity index (χ0) is 21.5. The van der Waals surface area contributed by atoms with Crippen molar-refractivity contribution in [2.24, 2.45) is 5.92 Å². The zero-order valence-corrected chi connectivity index (χ0v) is 19.1. The molecule has 2 aromatic rings. The number of rotatable bonds is 8. The molecule has 162 valence electrons. The molecule has 0 bridgehead atoms. The van der Waals surface area contributed by atoms with Crippen molar-refractivity contribution in [3.8, 4) is 0 Å². The number of urea groups is 1. The van der Waals surface area contributed by atoms with Crippen molar-refractivity contribution in [2.45, 2.75) is 46.1 Å². The van der Waals surface area contributed by atoms with Gasteiger partial charge >= 0.3 is 6.03 Å². The van der Waals surface area contributed by atoms with Gasteiger partial charge in [-0.1, -0.05) is 57.5 Å². The van der Waals surface area contributed by atoms with Gasteiger partial charge in [-0.15, -0.1) is 11.3 Å². The largest absolute Gasteiger partial charge is 0.338 e. The molecule has 0 fully saturated rings. The molecule has 0 radical (unpaired) electrons. The van der Waals surface area contributed by atoms with Gasteiger partial charge in [0.25, 0.3) is 0 Å². The lowest BCUT2D eigenvalue weighted by atomic mass is 9.93. The Morgan fingerprint density at radius 1 is 1.23 bits per heavy atom. The number of benzene rings is 1. The van der Waals surface area contributed by atoms with Gasteiger partial charge in [-0.3, -0.25) is 4.79 Å². The summed E-state index contributed by atoms with van der Waals surface area (Å²) in [7, 11) is 0. The topological polar surface area (TPSA) is 52.7 Å². The molecular formula is C24H33N3O2S. The van der Waals surface area contributed by atoms with Crippen LogP contribution in [0, 0.1) is 5.92 Å². The normalized spacial score (nSPS) is 15.7. The summed E-state index contributed by atoms with van der Waals surface area (Å²) < 4.78 is 0. The molecule has 1 aromatic heterocycles. The second kappa shape index (κ2) is 10.6. The number of thiophene rings is 1. The third-order valence-electron chi connectivity index (χ3n) is 5.41. The van der Waals surface area contributed by atoms with Gasteiger partial charge in [0, 0.05) is 24.5 Å². The van der Waals surface area contributed by atoms with Crippen LogP contribution in [0.25, 0.3) is 0 Å². The molecule has 1 N–H and O–H groups in total. The summed E-state index contributed by atoms with van der Waals surface area (Å²) in [5.41, 5.74) is 2.33. The molecule has 30 heavy (non-hydrogen) atoms. The Bertz CT molecular complexity index is 834. The number of amides is 3. The van der Waals surface area contributed by atoms with E-state index in [0.29, 0.717) is 25.6 Å². The van der Waals surface area contributed by atoms with E-state index in [1.54, 1.807) is 16.2 Å². The standard InChI is InChI=1S/C24H33N3O2S/c1-4-5-13-25-24(29)26(16-18(2)3)17-22(28)27-14-11-21-20(12-15-30-21)23(27)19-9-7-6-8-10-19/h6-10,12,15,18,23H,4-5,11,13-14,16-17H2,1-3H3,(H,25,29). The summed E-state index contributed by atoms with van der Waals surface area (Å²) in [6.07, 6.45) is 2.84. The molecule has 1 atom stereocenters. The van der Waals surface area contributed by atoms with Gasteiger partial charge in [-0.2, -0.15) is 0 Å². The van der Waals surface area contributed by atoms with E-state index in [1.165, 1.54) is 10.4 Å².